The van der Waals surface area contributed by atoms with E-state index in [1.807, 2.05) is 47.5 Å². The van der Waals surface area contributed by atoms with E-state index >= 15 is 0 Å². The molecule has 0 atom stereocenters. The zero-order valence-corrected chi connectivity index (χ0v) is 17.6. The smallest absolute Gasteiger partial charge is 0.317 e. The van der Waals surface area contributed by atoms with Gasteiger partial charge in [-0.1, -0.05) is 30.3 Å². The number of urea groups is 1. The molecule has 2 aromatic rings. The van der Waals surface area contributed by atoms with Crippen LogP contribution in [0.25, 0.3) is 0 Å². The number of carbonyl (C=O) groups excluding carboxylic acids is 2. The fourth-order valence-corrected chi connectivity index (χ4v) is 3.68. The Hall–Kier alpha value is -2.38. The van der Waals surface area contributed by atoms with Crippen molar-refractivity contribution in [2.24, 2.45) is 0 Å². The Morgan fingerprint density at radius 3 is 2.46 bits per heavy atom. The van der Waals surface area contributed by atoms with E-state index in [4.69, 9.17) is 4.74 Å². The number of ether oxygens (including phenoxy) is 1. The number of rotatable bonds is 10. The molecule has 2 rings (SSSR count). The maximum absolute atomic E-state index is 13.1. The van der Waals surface area contributed by atoms with E-state index < -0.39 is 0 Å². The van der Waals surface area contributed by atoms with Crippen LogP contribution in [0.5, 0.6) is 0 Å². The average Bonchev–Trinajstić information content (AvgIpc) is 3.10. The summed E-state index contributed by atoms with van der Waals surface area (Å²) in [5.41, 5.74) is 2.24. The molecule has 0 saturated heterocycles. The molecular weight excluding hydrogens is 374 g/mol. The lowest BCUT2D eigenvalue weighted by molar-refractivity contribution is -0.133. The van der Waals surface area contributed by atoms with Crippen molar-refractivity contribution >= 4 is 23.3 Å². The molecule has 0 unspecified atom stereocenters. The van der Waals surface area contributed by atoms with Crippen LogP contribution in [0.2, 0.25) is 0 Å². The van der Waals surface area contributed by atoms with Gasteiger partial charge in [0.1, 0.15) is 6.54 Å². The first-order valence-corrected chi connectivity index (χ1v) is 10.3. The normalized spacial score (nSPS) is 10.5. The van der Waals surface area contributed by atoms with E-state index in [2.05, 4.69) is 18.3 Å². The van der Waals surface area contributed by atoms with Crippen LogP contribution in [0.1, 0.15) is 22.9 Å². The minimum Gasteiger partial charge on any atom is -0.383 e. The van der Waals surface area contributed by atoms with E-state index in [0.717, 1.165) is 10.4 Å². The third-order valence-electron chi connectivity index (χ3n) is 4.38. The van der Waals surface area contributed by atoms with Crippen LogP contribution in [-0.4, -0.2) is 55.1 Å². The highest BCUT2D eigenvalue weighted by molar-refractivity contribution is 7.10. The van der Waals surface area contributed by atoms with Gasteiger partial charge < -0.3 is 19.9 Å². The third kappa shape index (κ3) is 6.65. The van der Waals surface area contributed by atoms with Crippen LogP contribution in [0.3, 0.4) is 0 Å². The number of thiophene rings is 1. The summed E-state index contributed by atoms with van der Waals surface area (Å²) < 4.78 is 5.09. The molecule has 28 heavy (non-hydrogen) atoms. The fourth-order valence-electron chi connectivity index (χ4n) is 2.76. The molecule has 1 heterocycles. The third-order valence-corrected chi connectivity index (χ3v) is 5.39. The van der Waals surface area contributed by atoms with E-state index in [0.29, 0.717) is 32.8 Å². The molecule has 3 amide bonds. The maximum atomic E-state index is 13.1. The molecule has 7 heteroatoms. The largest absolute Gasteiger partial charge is 0.383 e. The van der Waals surface area contributed by atoms with Gasteiger partial charge in [0.15, 0.2) is 0 Å². The number of nitrogens with one attached hydrogen (secondary N) is 1. The SMILES string of the molecule is CCNC(=O)N(CCOC)CC(=O)N(Cc1ccccc1)Cc1sccc1C. The Morgan fingerprint density at radius 1 is 1.11 bits per heavy atom. The van der Waals surface area contributed by atoms with Crippen molar-refractivity contribution in [2.45, 2.75) is 26.9 Å². The molecule has 152 valence electrons. The highest BCUT2D eigenvalue weighted by atomic mass is 32.1. The second-order valence-corrected chi connectivity index (χ2v) is 7.51. The second-order valence-electron chi connectivity index (χ2n) is 6.51. The highest BCUT2D eigenvalue weighted by Crippen LogP contribution is 2.19. The monoisotopic (exact) mass is 403 g/mol. The van der Waals surface area contributed by atoms with Crippen LogP contribution in [0, 0.1) is 6.92 Å². The van der Waals surface area contributed by atoms with Crippen LogP contribution < -0.4 is 5.32 Å². The first-order valence-electron chi connectivity index (χ1n) is 9.41. The predicted molar refractivity (Wildman–Crippen MR) is 112 cm³/mol. The highest BCUT2D eigenvalue weighted by Gasteiger charge is 2.22. The lowest BCUT2D eigenvalue weighted by atomic mass is 10.2. The molecular formula is C21H29N3O3S. The number of methoxy groups -OCH3 is 1. The molecule has 6 nitrogen and oxygen atoms in total. The van der Waals surface area contributed by atoms with Gasteiger partial charge in [0, 0.05) is 31.6 Å². The Kier molecular flexibility index (Phi) is 8.97. The molecule has 0 fully saturated rings. The van der Waals surface area contributed by atoms with Crippen molar-refractivity contribution in [1.82, 2.24) is 15.1 Å². The Bertz CT molecular complexity index is 748. The van der Waals surface area contributed by atoms with Crippen molar-refractivity contribution in [3.63, 3.8) is 0 Å². The van der Waals surface area contributed by atoms with Crippen molar-refractivity contribution in [3.05, 3.63) is 57.8 Å². The molecule has 1 N–H and O–H groups in total. The lowest BCUT2D eigenvalue weighted by Crippen LogP contribution is -2.47. The number of hydrogen-bond donors (Lipinski definition) is 1. The van der Waals surface area contributed by atoms with Gasteiger partial charge >= 0.3 is 6.03 Å². The van der Waals surface area contributed by atoms with Crippen molar-refractivity contribution in [1.29, 1.82) is 0 Å². The summed E-state index contributed by atoms with van der Waals surface area (Å²) in [5.74, 6) is -0.0843. The van der Waals surface area contributed by atoms with Crippen molar-refractivity contribution in [2.75, 3.05) is 33.4 Å². The van der Waals surface area contributed by atoms with E-state index in [9.17, 15) is 9.59 Å². The van der Waals surface area contributed by atoms with Gasteiger partial charge in [-0.3, -0.25) is 4.79 Å². The number of amides is 3. The summed E-state index contributed by atoms with van der Waals surface area (Å²) in [5, 5.41) is 4.80. The van der Waals surface area contributed by atoms with Crippen molar-refractivity contribution in [3.8, 4) is 0 Å². The van der Waals surface area contributed by atoms with Crippen LogP contribution in [0.4, 0.5) is 4.79 Å². The van der Waals surface area contributed by atoms with E-state index in [1.54, 1.807) is 18.4 Å². The molecule has 0 bridgehead atoms. The van der Waals surface area contributed by atoms with Crippen LogP contribution >= 0.6 is 11.3 Å². The standard InChI is InChI=1S/C21H29N3O3S/c1-4-22-21(26)23(11-12-27-3)16-20(25)24(14-18-8-6-5-7-9-18)15-19-17(2)10-13-28-19/h5-10,13H,4,11-12,14-16H2,1-3H3,(H,22,26). The summed E-state index contributed by atoms with van der Waals surface area (Å²) in [7, 11) is 1.58. The molecule has 0 aliphatic carbocycles. The summed E-state index contributed by atoms with van der Waals surface area (Å²) in [6.45, 7) is 6.23. The molecule has 0 aliphatic rings. The van der Waals surface area contributed by atoms with Crippen molar-refractivity contribution < 1.29 is 14.3 Å². The quantitative estimate of drug-likeness (QED) is 0.662. The second kappa shape index (κ2) is 11.5. The number of hydrogen-bond acceptors (Lipinski definition) is 4. The first kappa shape index (κ1) is 21.9. The van der Waals surface area contributed by atoms with Crippen LogP contribution in [-0.2, 0) is 22.6 Å². The van der Waals surface area contributed by atoms with Gasteiger partial charge in [0.25, 0.3) is 0 Å². The number of benzene rings is 1. The molecule has 0 aliphatic heterocycles. The molecule has 0 radical (unpaired) electrons. The molecule has 1 aromatic carbocycles. The topological polar surface area (TPSA) is 61.9 Å². The number of nitrogens with zero attached hydrogens (tertiary/aromatic N) is 2. The van der Waals surface area contributed by atoms with E-state index in [-0.39, 0.29) is 18.5 Å². The van der Waals surface area contributed by atoms with Gasteiger partial charge in [-0.25, -0.2) is 4.79 Å². The minimum atomic E-state index is -0.250. The van der Waals surface area contributed by atoms with Crippen LogP contribution in [0.15, 0.2) is 41.8 Å². The fraction of sp³-hybridized carbons (Fsp3) is 0.429. The van der Waals surface area contributed by atoms with E-state index in [1.165, 1.54) is 10.5 Å². The number of carbonyl (C=O) groups is 2. The summed E-state index contributed by atoms with van der Waals surface area (Å²) in [4.78, 5) is 29.9. The molecule has 0 spiro atoms. The maximum Gasteiger partial charge on any atom is 0.317 e. The van der Waals surface area contributed by atoms with Gasteiger partial charge in [-0.2, -0.15) is 0 Å². The average molecular weight is 404 g/mol. The summed E-state index contributed by atoms with van der Waals surface area (Å²) in [6, 6.07) is 11.7. The first-order chi connectivity index (χ1) is 13.5. The zero-order chi connectivity index (χ0) is 20.4. The molecule has 0 saturated carbocycles. The van der Waals surface area contributed by atoms with Gasteiger partial charge in [-0.05, 0) is 36.4 Å². The minimum absolute atomic E-state index is 0.0203. The predicted octanol–water partition coefficient (Wildman–Crippen LogP) is 3.26. The van der Waals surface area contributed by atoms with Gasteiger partial charge in [-0.15, -0.1) is 11.3 Å². The lowest BCUT2D eigenvalue weighted by Gasteiger charge is -2.28. The Morgan fingerprint density at radius 2 is 1.86 bits per heavy atom. The van der Waals surface area contributed by atoms with Gasteiger partial charge in [0.05, 0.1) is 13.2 Å². The molecule has 1 aromatic heterocycles. The Labute approximate surface area is 171 Å². The summed E-state index contributed by atoms with van der Waals surface area (Å²) >= 11 is 1.65. The summed E-state index contributed by atoms with van der Waals surface area (Å²) in [6.07, 6.45) is 0. The Balaban J connectivity index is 2.15. The zero-order valence-electron chi connectivity index (χ0n) is 16.8. The number of aryl methyl sites for hydroxylation is 1. The van der Waals surface area contributed by atoms with Gasteiger partial charge in [0.2, 0.25) is 5.91 Å².